The smallest absolute Gasteiger partial charge is 0.306 e. The number of carboxylic acid groups (broad SMARTS) is 1. The van der Waals surface area contributed by atoms with Gasteiger partial charge in [-0.3, -0.25) is 4.79 Å². The van der Waals surface area contributed by atoms with Crippen LogP contribution in [0.25, 0.3) is 0 Å². The molecule has 0 spiro atoms. The van der Waals surface area contributed by atoms with Gasteiger partial charge in [0.2, 0.25) is 0 Å². The lowest BCUT2D eigenvalue weighted by atomic mass is 9.95. The molecule has 0 saturated carbocycles. The van der Waals surface area contributed by atoms with E-state index in [0.29, 0.717) is 6.42 Å². The number of thioether (sulfide) groups is 1. The Bertz CT molecular complexity index is 324. The molecule has 0 aliphatic heterocycles. The fourth-order valence-electron chi connectivity index (χ4n) is 1.79. The van der Waals surface area contributed by atoms with Crippen molar-refractivity contribution in [2.45, 2.75) is 26.2 Å². The van der Waals surface area contributed by atoms with E-state index in [4.69, 9.17) is 0 Å². The van der Waals surface area contributed by atoms with Crippen LogP contribution in [0.2, 0.25) is 0 Å². The van der Waals surface area contributed by atoms with Gasteiger partial charge in [0, 0.05) is 0 Å². The SMILES string of the molecule is CCSCCCC(Cc1ccccc1)C(=O)O. The second kappa shape index (κ2) is 8.18. The topological polar surface area (TPSA) is 37.3 Å². The molecule has 2 nitrogen and oxygen atoms in total. The Morgan fingerprint density at radius 3 is 2.65 bits per heavy atom. The minimum Gasteiger partial charge on any atom is -0.481 e. The summed E-state index contributed by atoms with van der Waals surface area (Å²) in [6.07, 6.45) is 2.41. The van der Waals surface area contributed by atoms with Gasteiger partial charge in [0.1, 0.15) is 0 Å². The second-order valence-electron chi connectivity index (χ2n) is 4.06. The number of carbonyl (C=O) groups is 1. The Morgan fingerprint density at radius 2 is 2.06 bits per heavy atom. The van der Waals surface area contributed by atoms with Crippen LogP contribution < -0.4 is 0 Å². The van der Waals surface area contributed by atoms with Gasteiger partial charge in [-0.15, -0.1) is 0 Å². The highest BCUT2D eigenvalue weighted by atomic mass is 32.2. The third-order valence-corrected chi connectivity index (χ3v) is 3.71. The van der Waals surface area contributed by atoms with Crippen LogP contribution in [-0.2, 0) is 11.2 Å². The standard InChI is InChI=1S/C14H20O2S/c1-2-17-10-6-9-13(14(15)16)11-12-7-4-3-5-8-12/h3-5,7-8,13H,2,6,9-11H2,1H3,(H,15,16). The summed E-state index contributed by atoms with van der Waals surface area (Å²) in [5.74, 6) is 1.26. The van der Waals surface area contributed by atoms with Crippen LogP contribution >= 0.6 is 11.8 Å². The van der Waals surface area contributed by atoms with Crippen LogP contribution in [0.15, 0.2) is 30.3 Å². The molecule has 1 aromatic rings. The molecule has 0 fully saturated rings. The number of benzene rings is 1. The second-order valence-corrected chi connectivity index (χ2v) is 5.46. The summed E-state index contributed by atoms with van der Waals surface area (Å²) in [5.41, 5.74) is 1.11. The normalized spacial score (nSPS) is 12.3. The highest BCUT2D eigenvalue weighted by Gasteiger charge is 2.17. The van der Waals surface area contributed by atoms with Crippen LogP contribution in [0.1, 0.15) is 25.3 Å². The predicted molar refractivity (Wildman–Crippen MR) is 73.5 cm³/mol. The molecular formula is C14H20O2S. The van der Waals surface area contributed by atoms with Crippen LogP contribution in [0.3, 0.4) is 0 Å². The molecule has 0 bridgehead atoms. The Labute approximate surface area is 107 Å². The van der Waals surface area contributed by atoms with Gasteiger partial charge in [-0.05, 0) is 36.3 Å². The molecule has 1 aromatic carbocycles. The summed E-state index contributed by atoms with van der Waals surface area (Å²) in [5, 5.41) is 9.18. The van der Waals surface area contributed by atoms with E-state index in [1.54, 1.807) is 0 Å². The van der Waals surface area contributed by atoms with Crippen molar-refractivity contribution in [1.29, 1.82) is 0 Å². The zero-order chi connectivity index (χ0) is 12.5. The zero-order valence-corrected chi connectivity index (χ0v) is 11.1. The third-order valence-electron chi connectivity index (χ3n) is 2.72. The first-order valence-corrected chi connectivity index (χ1v) is 7.24. The first kappa shape index (κ1) is 14.1. The Morgan fingerprint density at radius 1 is 1.35 bits per heavy atom. The summed E-state index contributed by atoms with van der Waals surface area (Å²) in [6, 6.07) is 9.87. The molecule has 1 N–H and O–H groups in total. The number of hydrogen-bond donors (Lipinski definition) is 1. The van der Waals surface area contributed by atoms with E-state index in [1.807, 2.05) is 42.1 Å². The lowest BCUT2D eigenvalue weighted by Crippen LogP contribution is -2.16. The molecule has 1 unspecified atom stereocenters. The van der Waals surface area contributed by atoms with E-state index in [9.17, 15) is 9.90 Å². The molecule has 0 aromatic heterocycles. The first-order chi connectivity index (χ1) is 8.24. The van der Waals surface area contributed by atoms with Crippen molar-refractivity contribution >= 4 is 17.7 Å². The van der Waals surface area contributed by atoms with Crippen molar-refractivity contribution in [3.05, 3.63) is 35.9 Å². The summed E-state index contributed by atoms with van der Waals surface area (Å²) < 4.78 is 0. The lowest BCUT2D eigenvalue weighted by Gasteiger charge is -2.12. The molecular weight excluding hydrogens is 232 g/mol. The van der Waals surface area contributed by atoms with Crippen molar-refractivity contribution < 1.29 is 9.90 Å². The summed E-state index contributed by atoms with van der Waals surface area (Å²) in [7, 11) is 0. The van der Waals surface area contributed by atoms with Crippen molar-refractivity contribution in [3.8, 4) is 0 Å². The molecule has 94 valence electrons. The van der Waals surface area contributed by atoms with Gasteiger partial charge in [-0.25, -0.2) is 0 Å². The minimum absolute atomic E-state index is 0.241. The summed E-state index contributed by atoms with van der Waals surface area (Å²) in [6.45, 7) is 2.13. The average Bonchev–Trinajstić information content (AvgIpc) is 2.34. The average molecular weight is 252 g/mol. The number of carboxylic acids is 1. The maximum Gasteiger partial charge on any atom is 0.306 e. The Hall–Kier alpha value is -0.960. The molecule has 0 saturated heterocycles. The maximum atomic E-state index is 11.2. The quantitative estimate of drug-likeness (QED) is 0.720. The minimum atomic E-state index is -0.671. The molecule has 17 heavy (non-hydrogen) atoms. The molecule has 0 radical (unpaired) electrons. The van der Waals surface area contributed by atoms with Gasteiger partial charge in [0.15, 0.2) is 0 Å². The van der Waals surface area contributed by atoms with Crippen molar-refractivity contribution in [2.24, 2.45) is 5.92 Å². The Kier molecular flexibility index (Phi) is 6.78. The maximum absolute atomic E-state index is 11.2. The highest BCUT2D eigenvalue weighted by molar-refractivity contribution is 7.99. The van der Waals surface area contributed by atoms with E-state index in [0.717, 1.165) is 29.9 Å². The van der Waals surface area contributed by atoms with E-state index in [2.05, 4.69) is 6.92 Å². The molecule has 0 aliphatic rings. The van der Waals surface area contributed by atoms with Crippen molar-refractivity contribution in [3.63, 3.8) is 0 Å². The monoisotopic (exact) mass is 252 g/mol. The summed E-state index contributed by atoms with van der Waals surface area (Å²) in [4.78, 5) is 11.2. The van der Waals surface area contributed by atoms with Gasteiger partial charge in [0.05, 0.1) is 5.92 Å². The fraction of sp³-hybridized carbons (Fsp3) is 0.500. The summed E-state index contributed by atoms with van der Waals surface area (Å²) >= 11 is 1.88. The zero-order valence-electron chi connectivity index (χ0n) is 10.3. The van der Waals surface area contributed by atoms with E-state index in [1.165, 1.54) is 0 Å². The largest absolute Gasteiger partial charge is 0.481 e. The molecule has 0 amide bonds. The molecule has 1 atom stereocenters. The first-order valence-electron chi connectivity index (χ1n) is 6.08. The van der Waals surface area contributed by atoms with Gasteiger partial charge < -0.3 is 5.11 Å². The number of hydrogen-bond acceptors (Lipinski definition) is 2. The highest BCUT2D eigenvalue weighted by Crippen LogP contribution is 2.16. The van der Waals surface area contributed by atoms with Gasteiger partial charge in [0.25, 0.3) is 0 Å². The van der Waals surface area contributed by atoms with Gasteiger partial charge in [-0.2, -0.15) is 11.8 Å². The molecule has 0 heterocycles. The van der Waals surface area contributed by atoms with Gasteiger partial charge in [-0.1, -0.05) is 37.3 Å². The number of rotatable bonds is 8. The van der Waals surface area contributed by atoms with Gasteiger partial charge >= 0.3 is 5.97 Å². The Balaban J connectivity index is 2.41. The third kappa shape index (κ3) is 5.78. The van der Waals surface area contributed by atoms with Crippen molar-refractivity contribution in [1.82, 2.24) is 0 Å². The van der Waals surface area contributed by atoms with E-state index in [-0.39, 0.29) is 5.92 Å². The predicted octanol–water partition coefficient (Wildman–Crippen LogP) is 3.46. The van der Waals surface area contributed by atoms with Crippen LogP contribution in [0.4, 0.5) is 0 Å². The number of aliphatic carboxylic acids is 1. The fourth-order valence-corrected chi connectivity index (χ4v) is 2.45. The molecule has 0 aliphatic carbocycles. The van der Waals surface area contributed by atoms with E-state index < -0.39 is 5.97 Å². The van der Waals surface area contributed by atoms with Crippen LogP contribution in [0, 0.1) is 5.92 Å². The van der Waals surface area contributed by atoms with E-state index >= 15 is 0 Å². The molecule has 3 heteroatoms. The van der Waals surface area contributed by atoms with Crippen LogP contribution in [-0.4, -0.2) is 22.6 Å². The van der Waals surface area contributed by atoms with Crippen molar-refractivity contribution in [2.75, 3.05) is 11.5 Å². The van der Waals surface area contributed by atoms with Crippen LogP contribution in [0.5, 0.6) is 0 Å². The lowest BCUT2D eigenvalue weighted by molar-refractivity contribution is -0.141. The molecule has 1 rings (SSSR count).